The van der Waals surface area contributed by atoms with Crippen molar-refractivity contribution in [2.24, 2.45) is 0 Å². The first-order chi connectivity index (χ1) is 7.15. The standard InChI is InChI=1S/C12H15AsO2/c1-4-13-10-7-5-6-8-11(10)15-12(14)9(2)3/h5-8,13H,2,4H2,1,3H3. The number of para-hydroxylation sites is 1. The van der Waals surface area contributed by atoms with Gasteiger partial charge in [0.2, 0.25) is 0 Å². The molecule has 1 aromatic carbocycles. The molecule has 1 unspecified atom stereocenters. The molecule has 0 heterocycles. The van der Waals surface area contributed by atoms with Gasteiger partial charge in [-0.2, -0.15) is 0 Å². The third-order valence-corrected chi connectivity index (χ3v) is 4.21. The summed E-state index contributed by atoms with van der Waals surface area (Å²) in [4.78, 5) is 11.4. The average Bonchev–Trinajstić information content (AvgIpc) is 2.21. The van der Waals surface area contributed by atoms with Crippen molar-refractivity contribution in [3.8, 4) is 5.75 Å². The van der Waals surface area contributed by atoms with Crippen molar-refractivity contribution in [1.82, 2.24) is 0 Å². The maximum absolute atomic E-state index is 11.4. The average molecular weight is 266 g/mol. The minimum atomic E-state index is -0.342. The number of hydrogen-bond acceptors (Lipinski definition) is 2. The fraction of sp³-hybridized carbons (Fsp3) is 0.250. The van der Waals surface area contributed by atoms with Gasteiger partial charge in [-0.15, -0.1) is 0 Å². The molecule has 1 atom stereocenters. The zero-order valence-electron chi connectivity index (χ0n) is 9.04. The third-order valence-electron chi connectivity index (χ3n) is 1.81. The first-order valence-corrected chi connectivity index (χ1v) is 7.39. The molecule has 0 bridgehead atoms. The Morgan fingerprint density at radius 3 is 2.73 bits per heavy atom. The molecule has 0 amide bonds. The van der Waals surface area contributed by atoms with Crippen molar-refractivity contribution < 1.29 is 9.53 Å². The summed E-state index contributed by atoms with van der Waals surface area (Å²) in [6.07, 6.45) is 0. The molecule has 15 heavy (non-hydrogen) atoms. The van der Waals surface area contributed by atoms with Gasteiger partial charge in [-0.25, -0.2) is 0 Å². The van der Waals surface area contributed by atoms with Crippen LogP contribution < -0.4 is 9.09 Å². The molecule has 3 heteroatoms. The topological polar surface area (TPSA) is 26.3 Å². The Morgan fingerprint density at radius 2 is 2.13 bits per heavy atom. The third kappa shape index (κ3) is 3.56. The molecule has 0 aromatic heterocycles. The van der Waals surface area contributed by atoms with Crippen molar-refractivity contribution in [3.63, 3.8) is 0 Å². The van der Waals surface area contributed by atoms with E-state index in [1.165, 1.54) is 4.35 Å². The van der Waals surface area contributed by atoms with E-state index in [1.807, 2.05) is 24.3 Å². The molecule has 0 aliphatic carbocycles. The van der Waals surface area contributed by atoms with Gasteiger partial charge >= 0.3 is 96.8 Å². The molecule has 0 saturated carbocycles. The second-order valence-electron chi connectivity index (χ2n) is 3.20. The molecule has 0 fully saturated rings. The maximum atomic E-state index is 11.4. The molecule has 2 nitrogen and oxygen atoms in total. The van der Waals surface area contributed by atoms with E-state index in [9.17, 15) is 4.79 Å². The number of ether oxygens (including phenoxy) is 1. The van der Waals surface area contributed by atoms with Crippen LogP contribution in [-0.2, 0) is 4.79 Å². The molecule has 0 aliphatic rings. The van der Waals surface area contributed by atoms with Gasteiger partial charge in [0.05, 0.1) is 0 Å². The Hall–Kier alpha value is -1.01. The van der Waals surface area contributed by atoms with Gasteiger partial charge in [-0.3, -0.25) is 0 Å². The van der Waals surface area contributed by atoms with E-state index in [1.54, 1.807) is 6.92 Å². The van der Waals surface area contributed by atoms with Crippen LogP contribution in [0, 0.1) is 0 Å². The van der Waals surface area contributed by atoms with Gasteiger partial charge in [-0.1, -0.05) is 0 Å². The van der Waals surface area contributed by atoms with Crippen molar-refractivity contribution >= 4 is 26.1 Å². The van der Waals surface area contributed by atoms with Crippen LogP contribution in [0.25, 0.3) is 0 Å². The van der Waals surface area contributed by atoms with Crippen LogP contribution in [0.1, 0.15) is 13.8 Å². The Balaban J connectivity index is 2.84. The number of hydrogen-bond donors (Lipinski definition) is 0. The predicted molar refractivity (Wildman–Crippen MR) is 64.2 cm³/mol. The summed E-state index contributed by atoms with van der Waals surface area (Å²) in [6.45, 7) is 7.37. The molecule has 0 saturated heterocycles. The molecular weight excluding hydrogens is 251 g/mol. The summed E-state index contributed by atoms with van der Waals surface area (Å²) in [5.74, 6) is 0.359. The molecule has 0 radical (unpaired) electrons. The number of benzene rings is 1. The van der Waals surface area contributed by atoms with E-state index in [0.29, 0.717) is 11.3 Å². The monoisotopic (exact) mass is 266 g/mol. The Labute approximate surface area is 97.0 Å². The summed E-state index contributed by atoms with van der Waals surface area (Å²) in [5.41, 5.74) is 0.432. The van der Waals surface area contributed by atoms with Crippen molar-refractivity contribution in [3.05, 3.63) is 36.4 Å². The SMILES string of the molecule is C=C(C)C(=O)Oc1ccccc1[AsH]CC. The van der Waals surface area contributed by atoms with Crippen LogP contribution >= 0.6 is 0 Å². The van der Waals surface area contributed by atoms with Crippen molar-refractivity contribution in [2.75, 3.05) is 0 Å². The Kier molecular flexibility index (Phi) is 4.64. The van der Waals surface area contributed by atoms with Gasteiger partial charge in [0.15, 0.2) is 0 Å². The summed E-state index contributed by atoms with van der Waals surface area (Å²) < 4.78 is 6.44. The molecule has 1 rings (SSSR count). The number of carbonyl (C=O) groups excluding carboxylic acids is 1. The molecule has 80 valence electrons. The van der Waals surface area contributed by atoms with E-state index < -0.39 is 0 Å². The molecule has 0 aliphatic heterocycles. The van der Waals surface area contributed by atoms with Crippen molar-refractivity contribution in [1.29, 1.82) is 0 Å². The van der Waals surface area contributed by atoms with Crippen LogP contribution in [-0.4, -0.2) is 21.7 Å². The quantitative estimate of drug-likeness (QED) is 0.358. The molecule has 1 aromatic rings. The van der Waals surface area contributed by atoms with Crippen molar-refractivity contribution in [2.45, 2.75) is 19.1 Å². The van der Waals surface area contributed by atoms with Crippen LogP contribution in [0.3, 0.4) is 0 Å². The number of carbonyl (C=O) groups is 1. The summed E-state index contributed by atoms with van der Waals surface area (Å²) in [7, 11) is 0. The second kappa shape index (κ2) is 5.77. The van der Waals surface area contributed by atoms with E-state index in [4.69, 9.17) is 4.74 Å². The molecule has 0 spiro atoms. The van der Waals surface area contributed by atoms with E-state index in [0.717, 1.165) is 5.21 Å². The predicted octanol–water partition coefficient (Wildman–Crippen LogP) is 1.67. The van der Waals surface area contributed by atoms with Gasteiger partial charge in [-0.05, 0) is 0 Å². The van der Waals surface area contributed by atoms with Crippen LogP contribution in [0.4, 0.5) is 0 Å². The van der Waals surface area contributed by atoms with Gasteiger partial charge in [0.25, 0.3) is 0 Å². The second-order valence-corrected chi connectivity index (χ2v) is 6.55. The van der Waals surface area contributed by atoms with E-state index >= 15 is 0 Å². The first-order valence-electron chi connectivity index (χ1n) is 4.85. The van der Waals surface area contributed by atoms with E-state index in [2.05, 4.69) is 13.5 Å². The Bertz CT molecular complexity index is 372. The summed E-state index contributed by atoms with van der Waals surface area (Å²) in [5, 5.41) is 1.15. The summed E-state index contributed by atoms with van der Waals surface area (Å²) >= 11 is -0.182. The van der Waals surface area contributed by atoms with Gasteiger partial charge in [0.1, 0.15) is 0 Å². The fourth-order valence-corrected chi connectivity index (χ4v) is 2.97. The van der Waals surface area contributed by atoms with Crippen LogP contribution in [0.15, 0.2) is 36.4 Å². The zero-order chi connectivity index (χ0) is 11.3. The Morgan fingerprint density at radius 1 is 1.47 bits per heavy atom. The number of esters is 1. The first kappa shape index (κ1) is 12.1. The summed E-state index contributed by atoms with van der Waals surface area (Å²) in [6, 6.07) is 7.73. The zero-order valence-corrected chi connectivity index (χ0v) is 11.1. The van der Waals surface area contributed by atoms with Gasteiger partial charge in [0, 0.05) is 0 Å². The van der Waals surface area contributed by atoms with Gasteiger partial charge < -0.3 is 0 Å². The number of rotatable bonds is 4. The molecular formula is C12H15AsO2. The fourth-order valence-electron chi connectivity index (χ4n) is 1.08. The van der Waals surface area contributed by atoms with Crippen LogP contribution in [0.2, 0.25) is 5.21 Å². The van der Waals surface area contributed by atoms with Crippen LogP contribution in [0.5, 0.6) is 5.75 Å². The minimum absolute atomic E-state index is 0.182. The molecule has 0 N–H and O–H groups in total. The van der Waals surface area contributed by atoms with E-state index in [-0.39, 0.29) is 21.7 Å². The normalized spacial score (nSPS) is 10.5.